The summed E-state index contributed by atoms with van der Waals surface area (Å²) in [6.07, 6.45) is 0.0256. The normalized spacial score (nSPS) is 13.2. The zero-order valence-corrected chi connectivity index (χ0v) is 13.6. The molecule has 113 valence electrons. The van der Waals surface area contributed by atoms with Crippen molar-refractivity contribution < 1.29 is 27.9 Å². The van der Waals surface area contributed by atoms with Crippen molar-refractivity contribution in [3.63, 3.8) is 0 Å². The van der Waals surface area contributed by atoms with Crippen LogP contribution in [0, 0.1) is 0 Å². The van der Waals surface area contributed by atoms with E-state index in [0.29, 0.717) is 13.2 Å². The predicted octanol–water partition coefficient (Wildman–Crippen LogP) is 3.38. The second-order valence-electron chi connectivity index (χ2n) is 3.17. The Morgan fingerprint density at radius 2 is 1.47 bits per heavy atom. The molecule has 0 unspecified atom stereocenters. The Kier molecular flexibility index (Phi) is 10.7. The van der Waals surface area contributed by atoms with Gasteiger partial charge in [0.05, 0.1) is 32.6 Å². The van der Waals surface area contributed by atoms with Crippen molar-refractivity contribution in [1.82, 2.24) is 0 Å². The van der Waals surface area contributed by atoms with E-state index in [9.17, 15) is 9.77 Å². The monoisotopic (exact) mass is 314 g/mol. The third kappa shape index (κ3) is 6.80. The summed E-state index contributed by atoms with van der Waals surface area (Å²) < 4.78 is 33.3. The van der Waals surface area contributed by atoms with Crippen molar-refractivity contribution in [1.29, 1.82) is 0 Å². The molecular formula is C10H22NO6P2. The molecule has 0 atom stereocenters. The maximum absolute atomic E-state index is 12.4. The molecule has 0 spiro atoms. The van der Waals surface area contributed by atoms with E-state index in [-0.39, 0.29) is 24.8 Å². The van der Waals surface area contributed by atoms with Crippen molar-refractivity contribution in [2.24, 2.45) is 5.16 Å². The quantitative estimate of drug-likeness (QED) is 0.331. The summed E-state index contributed by atoms with van der Waals surface area (Å²) in [7, 11) is -4.99. The fraction of sp³-hybridized carbons (Fsp3) is 0.900. The highest BCUT2D eigenvalue weighted by molar-refractivity contribution is 7.74. The van der Waals surface area contributed by atoms with Gasteiger partial charge in [-0.25, -0.2) is 0 Å². The van der Waals surface area contributed by atoms with Crippen LogP contribution in [0.4, 0.5) is 0 Å². The van der Waals surface area contributed by atoms with Crippen LogP contribution in [0.15, 0.2) is 5.16 Å². The van der Waals surface area contributed by atoms with E-state index < -0.39 is 16.0 Å². The van der Waals surface area contributed by atoms with Gasteiger partial charge in [-0.15, -0.1) is 5.21 Å². The highest BCUT2D eigenvalue weighted by Gasteiger charge is 2.35. The highest BCUT2D eigenvalue weighted by atomic mass is 31.2. The van der Waals surface area contributed by atoms with Crippen LogP contribution < -0.4 is 0 Å². The van der Waals surface area contributed by atoms with E-state index in [1.165, 1.54) is 0 Å². The largest absolute Gasteiger partial charge is 0.379 e. The molecule has 0 aromatic heterocycles. The summed E-state index contributed by atoms with van der Waals surface area (Å²) >= 11 is 0. The fourth-order valence-electron chi connectivity index (χ4n) is 1.22. The van der Waals surface area contributed by atoms with Crippen LogP contribution in [-0.2, 0) is 27.9 Å². The maximum atomic E-state index is 12.4. The van der Waals surface area contributed by atoms with E-state index in [0.717, 1.165) is 0 Å². The molecular weight excluding hydrogens is 292 g/mol. The lowest BCUT2D eigenvalue weighted by atomic mass is 10.9. The van der Waals surface area contributed by atoms with Crippen LogP contribution in [0.5, 0.6) is 0 Å². The van der Waals surface area contributed by atoms with Crippen molar-refractivity contribution in [3.05, 3.63) is 0 Å². The van der Waals surface area contributed by atoms with Crippen molar-refractivity contribution in [2.75, 3.05) is 32.6 Å². The Morgan fingerprint density at radius 3 is 1.79 bits per heavy atom. The van der Waals surface area contributed by atoms with Gasteiger partial charge < -0.3 is 18.1 Å². The van der Waals surface area contributed by atoms with Crippen molar-refractivity contribution in [2.45, 2.75) is 27.7 Å². The van der Waals surface area contributed by atoms with Gasteiger partial charge in [-0.1, -0.05) is 0 Å². The van der Waals surface area contributed by atoms with Crippen LogP contribution in [0.25, 0.3) is 0 Å². The van der Waals surface area contributed by atoms with Gasteiger partial charge in [0.25, 0.3) is 0 Å². The molecule has 0 aromatic rings. The molecule has 0 heterocycles. The first-order chi connectivity index (χ1) is 9.07. The van der Waals surface area contributed by atoms with Gasteiger partial charge in [0, 0.05) is 0 Å². The Labute approximate surface area is 115 Å². The standard InChI is InChI=1S/C10H22NO6P2/c1-5-14-18(15-6-2)9-10(11-12)19(13,16-7-3)17-8-4/h5-9H2,1-4H3/b11-10-. The molecule has 1 radical (unpaired) electrons. The molecule has 0 aliphatic heterocycles. The van der Waals surface area contributed by atoms with E-state index in [2.05, 4.69) is 5.16 Å². The van der Waals surface area contributed by atoms with Crippen molar-refractivity contribution in [3.8, 4) is 0 Å². The van der Waals surface area contributed by atoms with E-state index in [1.54, 1.807) is 13.8 Å². The minimum absolute atomic E-state index is 0.0256. The third-order valence-corrected chi connectivity index (χ3v) is 5.80. The molecule has 19 heavy (non-hydrogen) atoms. The van der Waals surface area contributed by atoms with Gasteiger partial charge >= 0.3 is 7.60 Å². The lowest BCUT2D eigenvalue weighted by molar-refractivity contribution is 0.203. The molecule has 0 aliphatic rings. The van der Waals surface area contributed by atoms with E-state index >= 15 is 0 Å². The van der Waals surface area contributed by atoms with Gasteiger partial charge in [0.2, 0.25) is 0 Å². The molecule has 7 nitrogen and oxygen atoms in total. The van der Waals surface area contributed by atoms with Crippen LogP contribution >= 0.6 is 16.0 Å². The summed E-state index contributed by atoms with van der Waals surface area (Å²) in [5.74, 6) is 0. The van der Waals surface area contributed by atoms with Gasteiger partial charge in [0.15, 0.2) is 13.8 Å². The zero-order chi connectivity index (χ0) is 14.7. The Bertz CT molecular complexity index is 296. The minimum Gasteiger partial charge on any atom is -0.334 e. The zero-order valence-electron chi connectivity index (χ0n) is 11.8. The first-order valence-electron chi connectivity index (χ1n) is 6.20. The minimum atomic E-state index is -3.64. The molecule has 0 fully saturated rings. The highest BCUT2D eigenvalue weighted by Crippen LogP contribution is 2.53. The van der Waals surface area contributed by atoms with Gasteiger partial charge in [0.1, 0.15) is 0 Å². The van der Waals surface area contributed by atoms with Gasteiger partial charge in [-0.2, -0.15) is 0 Å². The third-order valence-electron chi connectivity index (χ3n) is 1.84. The van der Waals surface area contributed by atoms with Crippen molar-refractivity contribution >= 4 is 21.4 Å². The molecule has 0 saturated heterocycles. The number of rotatable bonds is 11. The van der Waals surface area contributed by atoms with Crippen LogP contribution in [-0.4, -0.2) is 38.0 Å². The number of nitrogens with zero attached hydrogens (tertiary/aromatic N) is 1. The van der Waals surface area contributed by atoms with Gasteiger partial charge in [-0.3, -0.25) is 4.57 Å². The summed E-state index contributed by atoms with van der Waals surface area (Å²) in [6.45, 7) is 8.16. The van der Waals surface area contributed by atoms with E-state index in [4.69, 9.17) is 18.1 Å². The molecule has 0 saturated carbocycles. The number of hydrogen-bond acceptors (Lipinski definition) is 6. The maximum Gasteiger partial charge on any atom is 0.379 e. The van der Waals surface area contributed by atoms with Crippen LogP contribution in [0.3, 0.4) is 0 Å². The molecule has 0 bridgehead atoms. The smallest absolute Gasteiger partial charge is 0.334 e. The van der Waals surface area contributed by atoms with E-state index in [1.807, 2.05) is 13.8 Å². The average molecular weight is 314 g/mol. The SMILES string of the molecule is CCOP(C/C(=N/[O])P(=O)(OCC)OCC)OCC. The molecule has 0 aromatic carbocycles. The Balaban J connectivity index is 4.90. The first-order valence-corrected chi connectivity index (χ1v) is 9.10. The summed E-state index contributed by atoms with van der Waals surface area (Å²) in [4.78, 5) is 0. The molecule has 0 aliphatic carbocycles. The topological polar surface area (TPSA) is 86.2 Å². The second kappa shape index (κ2) is 10.7. The summed E-state index contributed by atoms with van der Waals surface area (Å²) in [5, 5.41) is 13.7. The average Bonchev–Trinajstić information content (AvgIpc) is 2.36. The molecule has 0 rings (SSSR count). The predicted molar refractivity (Wildman–Crippen MR) is 74.0 cm³/mol. The summed E-state index contributed by atoms with van der Waals surface area (Å²) in [6, 6.07) is 0. The lowest BCUT2D eigenvalue weighted by Crippen LogP contribution is -2.12. The summed E-state index contributed by atoms with van der Waals surface area (Å²) in [5.41, 5.74) is -0.177. The first kappa shape index (κ1) is 19.0. The number of hydrogen-bond donors (Lipinski definition) is 0. The Morgan fingerprint density at radius 1 is 1.00 bits per heavy atom. The Hall–Kier alpha value is -0.0300. The molecule has 9 heteroatoms. The van der Waals surface area contributed by atoms with Crippen LogP contribution in [0.1, 0.15) is 27.7 Å². The van der Waals surface area contributed by atoms with Gasteiger partial charge in [-0.05, 0) is 32.9 Å². The lowest BCUT2D eigenvalue weighted by Gasteiger charge is -2.20. The fourth-order valence-corrected chi connectivity index (χ4v) is 4.54. The molecule has 0 amide bonds. The van der Waals surface area contributed by atoms with Crippen LogP contribution in [0.2, 0.25) is 0 Å². The molecule has 0 N–H and O–H groups in total. The second-order valence-corrected chi connectivity index (χ2v) is 6.69.